The van der Waals surface area contributed by atoms with E-state index in [2.05, 4.69) is 34.9 Å². The average Bonchev–Trinajstić information content (AvgIpc) is 3.05. The maximum atomic E-state index is 12.9. The minimum absolute atomic E-state index is 0.0129. The van der Waals surface area contributed by atoms with Crippen molar-refractivity contribution < 1.29 is 4.79 Å². The van der Waals surface area contributed by atoms with E-state index in [9.17, 15) is 4.79 Å². The van der Waals surface area contributed by atoms with E-state index in [1.807, 2.05) is 43.4 Å². The molecular weight excluding hydrogens is 286 g/mol. The number of hydrogen-bond donors (Lipinski definition) is 2. The second-order valence-corrected chi connectivity index (χ2v) is 6.13. The molecule has 0 fully saturated rings. The third-order valence-electron chi connectivity index (χ3n) is 4.83. The first-order valence-electron chi connectivity index (χ1n) is 7.66. The van der Waals surface area contributed by atoms with E-state index < -0.39 is 5.66 Å². The summed E-state index contributed by atoms with van der Waals surface area (Å²) in [6, 6.07) is 20.3. The van der Waals surface area contributed by atoms with Gasteiger partial charge in [-0.05, 0) is 29.0 Å². The molecular formula is C19H15N3O. The van der Waals surface area contributed by atoms with Gasteiger partial charge in [-0.15, -0.1) is 0 Å². The van der Waals surface area contributed by atoms with E-state index in [0.29, 0.717) is 0 Å². The van der Waals surface area contributed by atoms with Crippen molar-refractivity contribution in [1.82, 2.24) is 0 Å². The van der Waals surface area contributed by atoms with Crippen molar-refractivity contribution in [3.63, 3.8) is 0 Å². The van der Waals surface area contributed by atoms with Gasteiger partial charge in [-0.25, -0.2) is 0 Å². The van der Waals surface area contributed by atoms with Gasteiger partial charge in [0, 0.05) is 12.6 Å². The van der Waals surface area contributed by atoms with Crippen molar-refractivity contribution in [1.29, 1.82) is 0 Å². The summed E-state index contributed by atoms with van der Waals surface area (Å²) in [6.45, 7) is 0. The molecule has 2 heterocycles. The number of hydrogen-bond acceptors (Lipinski definition) is 3. The zero-order valence-electron chi connectivity index (χ0n) is 12.6. The van der Waals surface area contributed by atoms with Crippen molar-refractivity contribution in [2.24, 2.45) is 0 Å². The number of anilines is 3. The van der Waals surface area contributed by atoms with Gasteiger partial charge in [0.2, 0.25) is 5.66 Å². The van der Waals surface area contributed by atoms with Crippen LogP contribution in [0.4, 0.5) is 17.1 Å². The second kappa shape index (κ2) is 4.04. The van der Waals surface area contributed by atoms with Crippen LogP contribution in [0.1, 0.15) is 5.56 Å². The summed E-state index contributed by atoms with van der Waals surface area (Å²) in [5, 5.41) is 9.19. The number of likely N-dealkylation sites (N-methyl/N-ethyl adjacent to an activating group) is 1. The van der Waals surface area contributed by atoms with Gasteiger partial charge in [0.1, 0.15) is 0 Å². The normalized spacial score (nSPS) is 17.1. The van der Waals surface area contributed by atoms with Crippen LogP contribution in [0.3, 0.4) is 0 Å². The lowest BCUT2D eigenvalue weighted by molar-refractivity contribution is -0.121. The molecule has 2 aliphatic rings. The highest BCUT2D eigenvalue weighted by Crippen LogP contribution is 2.48. The van der Waals surface area contributed by atoms with Gasteiger partial charge in [0.05, 0.1) is 17.1 Å². The van der Waals surface area contributed by atoms with Gasteiger partial charge in [0.25, 0.3) is 5.91 Å². The number of carbonyl (C=O) groups excluding carboxylic acids is 1. The molecule has 23 heavy (non-hydrogen) atoms. The Hall–Kier alpha value is -3.01. The van der Waals surface area contributed by atoms with Crippen molar-refractivity contribution in [3.8, 4) is 0 Å². The molecule has 0 atom stereocenters. The summed E-state index contributed by atoms with van der Waals surface area (Å²) < 4.78 is 0. The highest BCUT2D eigenvalue weighted by atomic mass is 16.2. The zero-order chi connectivity index (χ0) is 15.6. The molecule has 0 saturated carbocycles. The van der Waals surface area contributed by atoms with E-state index in [4.69, 9.17) is 0 Å². The Morgan fingerprint density at radius 1 is 0.870 bits per heavy atom. The highest BCUT2D eigenvalue weighted by Gasteiger charge is 2.53. The largest absolute Gasteiger partial charge is 0.349 e. The van der Waals surface area contributed by atoms with E-state index in [0.717, 1.165) is 33.4 Å². The molecule has 112 valence electrons. The van der Waals surface area contributed by atoms with Gasteiger partial charge in [0.15, 0.2) is 0 Å². The third kappa shape index (κ3) is 1.47. The van der Waals surface area contributed by atoms with Gasteiger partial charge < -0.3 is 15.5 Å². The number of nitrogens with zero attached hydrogens (tertiary/aromatic N) is 1. The van der Waals surface area contributed by atoms with Crippen LogP contribution in [0, 0.1) is 0 Å². The zero-order valence-corrected chi connectivity index (χ0v) is 12.6. The van der Waals surface area contributed by atoms with Crippen molar-refractivity contribution in [2.45, 2.75) is 5.66 Å². The molecule has 0 bridgehead atoms. The van der Waals surface area contributed by atoms with Crippen LogP contribution in [-0.4, -0.2) is 13.0 Å². The Balaban J connectivity index is 1.71. The number of para-hydroxylation sites is 1. The Morgan fingerprint density at radius 2 is 1.43 bits per heavy atom. The van der Waals surface area contributed by atoms with E-state index in [1.165, 1.54) is 0 Å². The molecule has 4 nitrogen and oxygen atoms in total. The molecule has 1 amide bonds. The van der Waals surface area contributed by atoms with E-state index in [1.54, 1.807) is 4.90 Å². The first-order chi connectivity index (χ1) is 11.2. The lowest BCUT2D eigenvalue weighted by Gasteiger charge is -2.24. The molecule has 5 rings (SSSR count). The van der Waals surface area contributed by atoms with Crippen molar-refractivity contribution in [2.75, 3.05) is 22.6 Å². The van der Waals surface area contributed by atoms with Gasteiger partial charge in [-0.2, -0.15) is 0 Å². The predicted molar refractivity (Wildman–Crippen MR) is 92.7 cm³/mol. The molecule has 0 radical (unpaired) electrons. The molecule has 1 spiro atoms. The molecule has 2 aliphatic heterocycles. The minimum atomic E-state index is -0.898. The van der Waals surface area contributed by atoms with Crippen LogP contribution in [0.15, 0.2) is 60.7 Å². The lowest BCUT2D eigenvalue weighted by atomic mass is 10.0. The van der Waals surface area contributed by atoms with Gasteiger partial charge >= 0.3 is 0 Å². The summed E-state index contributed by atoms with van der Waals surface area (Å²) in [5.74, 6) is 0.0129. The fourth-order valence-electron chi connectivity index (χ4n) is 3.68. The number of amides is 1. The van der Waals surface area contributed by atoms with E-state index >= 15 is 0 Å². The third-order valence-corrected chi connectivity index (χ3v) is 4.83. The van der Waals surface area contributed by atoms with Crippen LogP contribution in [0.5, 0.6) is 0 Å². The Labute approximate surface area is 133 Å². The SMILES string of the molecule is CN1C(=O)C2(Nc3cc4ccccc4cc3N2)c2ccccc21. The molecule has 0 aliphatic carbocycles. The Kier molecular flexibility index (Phi) is 2.20. The summed E-state index contributed by atoms with van der Waals surface area (Å²) in [4.78, 5) is 14.7. The van der Waals surface area contributed by atoms with Gasteiger partial charge in [-0.3, -0.25) is 4.79 Å². The maximum absolute atomic E-state index is 12.9. The Morgan fingerprint density at radius 3 is 2.09 bits per heavy atom. The monoisotopic (exact) mass is 301 g/mol. The smallest absolute Gasteiger partial charge is 0.278 e. The molecule has 3 aromatic rings. The Bertz CT molecular complexity index is 935. The number of carbonyl (C=O) groups is 1. The molecule has 0 unspecified atom stereocenters. The standard InChI is InChI=1S/C19H15N3O/c1-22-17-9-5-4-8-14(17)19(18(22)23)20-15-10-12-6-2-3-7-13(12)11-16(15)21-19/h2-11,20-21H,1H3. The number of benzene rings is 3. The average molecular weight is 301 g/mol. The second-order valence-electron chi connectivity index (χ2n) is 6.13. The lowest BCUT2D eigenvalue weighted by Crippen LogP contribution is -2.47. The minimum Gasteiger partial charge on any atom is -0.349 e. The predicted octanol–water partition coefficient (Wildman–Crippen LogP) is 3.51. The first kappa shape index (κ1) is 12.5. The van der Waals surface area contributed by atoms with Crippen LogP contribution < -0.4 is 15.5 Å². The summed E-state index contributed by atoms with van der Waals surface area (Å²) in [7, 11) is 1.82. The first-order valence-corrected chi connectivity index (χ1v) is 7.66. The van der Waals surface area contributed by atoms with Crippen LogP contribution in [0.25, 0.3) is 10.8 Å². The maximum Gasteiger partial charge on any atom is 0.278 e. The molecule has 0 aromatic heterocycles. The highest BCUT2D eigenvalue weighted by molar-refractivity contribution is 6.13. The topological polar surface area (TPSA) is 44.4 Å². The number of rotatable bonds is 0. The number of fused-ring (bicyclic) bond motifs is 4. The summed E-state index contributed by atoms with van der Waals surface area (Å²) >= 11 is 0. The molecule has 3 aromatic carbocycles. The quantitative estimate of drug-likeness (QED) is 0.668. The molecule has 4 heteroatoms. The van der Waals surface area contributed by atoms with Crippen LogP contribution >= 0.6 is 0 Å². The molecule has 0 saturated heterocycles. The fourth-order valence-corrected chi connectivity index (χ4v) is 3.68. The van der Waals surface area contributed by atoms with Gasteiger partial charge in [-0.1, -0.05) is 42.5 Å². The summed E-state index contributed by atoms with van der Waals surface area (Å²) in [5.41, 5.74) is 2.93. The van der Waals surface area contributed by atoms with Crippen LogP contribution in [-0.2, 0) is 10.5 Å². The van der Waals surface area contributed by atoms with Crippen molar-refractivity contribution >= 4 is 33.7 Å². The van der Waals surface area contributed by atoms with E-state index in [-0.39, 0.29) is 5.91 Å². The fraction of sp³-hybridized carbons (Fsp3) is 0.105. The van der Waals surface area contributed by atoms with Crippen LogP contribution in [0.2, 0.25) is 0 Å². The molecule has 2 N–H and O–H groups in total. The summed E-state index contributed by atoms with van der Waals surface area (Å²) in [6.07, 6.45) is 0. The van der Waals surface area contributed by atoms with Crippen molar-refractivity contribution in [3.05, 3.63) is 66.2 Å². The number of nitrogens with one attached hydrogen (secondary N) is 2.